The molecule has 0 radical (unpaired) electrons. The number of imidazole rings is 1. The standard InChI is InChI=1S/C49H73FN6O3/c1-6-8-10-12-14-16-18-20-22-24-26-28-30-55-44-35-52-43-33-45(58-5)39(41-37-54(4)53-38(41)3)32-40(43)47(44)56(49(55)57)48-42(50)34-51-36-46(48)59-31-29-27-25-23-21-19-17-15-13-11-9-7-2/h32-37H,6-31H2,1-5H3. The molecular formula is C49H73FN6O3. The second-order valence-electron chi connectivity index (χ2n) is 16.7. The van der Waals surface area contributed by atoms with E-state index in [1.807, 2.05) is 32.3 Å². The van der Waals surface area contributed by atoms with Crippen LogP contribution in [0.25, 0.3) is 38.8 Å². The van der Waals surface area contributed by atoms with E-state index in [0.717, 1.165) is 60.7 Å². The molecule has 0 saturated heterocycles. The SMILES string of the molecule is CCCCCCCCCCCCCCOc1cncc(F)c1-n1c(=O)n(CCCCCCCCCCCCCC)c2cnc3cc(OC)c(-c4cn(C)nc4C)cc3c21. The van der Waals surface area contributed by atoms with E-state index < -0.39 is 5.82 Å². The number of hydrogen-bond acceptors (Lipinski definition) is 6. The van der Waals surface area contributed by atoms with E-state index >= 15 is 4.39 Å². The van der Waals surface area contributed by atoms with Crippen LogP contribution >= 0.6 is 0 Å². The van der Waals surface area contributed by atoms with Gasteiger partial charge in [0.1, 0.15) is 11.4 Å². The highest BCUT2D eigenvalue weighted by Crippen LogP contribution is 2.39. The molecule has 5 rings (SSSR count). The molecule has 0 atom stereocenters. The Balaban J connectivity index is 1.36. The van der Waals surface area contributed by atoms with Gasteiger partial charge in [0.2, 0.25) is 0 Å². The Kier molecular flexibility index (Phi) is 19.3. The van der Waals surface area contributed by atoms with Crippen LogP contribution in [0, 0.1) is 12.7 Å². The van der Waals surface area contributed by atoms with E-state index in [-0.39, 0.29) is 17.1 Å². The molecule has 1 aromatic carbocycles. The maximum Gasteiger partial charge on any atom is 0.334 e. The molecule has 0 spiro atoms. The van der Waals surface area contributed by atoms with E-state index in [0.29, 0.717) is 35.5 Å². The lowest BCUT2D eigenvalue weighted by Gasteiger charge is -2.14. The highest BCUT2D eigenvalue weighted by Gasteiger charge is 2.25. The lowest BCUT2D eigenvalue weighted by atomic mass is 10.0. The normalized spacial score (nSPS) is 11.7. The van der Waals surface area contributed by atoms with Crippen molar-refractivity contribution in [3.63, 3.8) is 0 Å². The summed E-state index contributed by atoms with van der Waals surface area (Å²) < 4.78 is 33.4. The summed E-state index contributed by atoms with van der Waals surface area (Å²) in [5.41, 5.74) is 4.25. The number of benzene rings is 1. The number of unbranched alkanes of at least 4 members (excludes halogenated alkanes) is 22. The highest BCUT2D eigenvalue weighted by molar-refractivity contribution is 6.06. The molecule has 0 aliphatic carbocycles. The Bertz CT molecular complexity index is 2070. The minimum atomic E-state index is -0.606. The van der Waals surface area contributed by atoms with Gasteiger partial charge in [0.05, 0.1) is 54.6 Å². The van der Waals surface area contributed by atoms with Gasteiger partial charge in [-0.25, -0.2) is 9.18 Å². The highest BCUT2D eigenvalue weighted by atomic mass is 19.1. The molecule has 5 aromatic rings. The van der Waals surface area contributed by atoms with Gasteiger partial charge in [-0.1, -0.05) is 155 Å². The molecule has 0 unspecified atom stereocenters. The van der Waals surface area contributed by atoms with Crippen molar-refractivity contribution in [2.75, 3.05) is 13.7 Å². The molecule has 0 saturated carbocycles. The third-order valence-electron chi connectivity index (χ3n) is 11.9. The molecule has 0 bridgehead atoms. The summed E-state index contributed by atoms with van der Waals surface area (Å²) in [5, 5.41) is 5.30. The van der Waals surface area contributed by atoms with Crippen LogP contribution in [0.4, 0.5) is 4.39 Å². The fourth-order valence-corrected chi connectivity index (χ4v) is 8.58. The van der Waals surface area contributed by atoms with Gasteiger partial charge < -0.3 is 9.47 Å². The van der Waals surface area contributed by atoms with Crippen molar-refractivity contribution in [1.29, 1.82) is 0 Å². The Labute approximate surface area is 353 Å². The number of rotatable bonds is 30. The first-order valence-corrected chi connectivity index (χ1v) is 23.3. The summed E-state index contributed by atoms with van der Waals surface area (Å²) in [4.78, 5) is 23.7. The average molecular weight is 813 g/mol. The molecule has 9 nitrogen and oxygen atoms in total. The van der Waals surface area contributed by atoms with Crippen molar-refractivity contribution in [2.24, 2.45) is 7.05 Å². The topological polar surface area (TPSA) is 89.0 Å². The van der Waals surface area contributed by atoms with Gasteiger partial charge >= 0.3 is 5.69 Å². The van der Waals surface area contributed by atoms with Crippen molar-refractivity contribution in [2.45, 2.75) is 181 Å². The van der Waals surface area contributed by atoms with Crippen molar-refractivity contribution >= 4 is 21.9 Å². The van der Waals surface area contributed by atoms with Crippen molar-refractivity contribution < 1.29 is 13.9 Å². The molecular weight excluding hydrogens is 740 g/mol. The van der Waals surface area contributed by atoms with Crippen molar-refractivity contribution in [1.82, 2.24) is 28.9 Å². The summed E-state index contributed by atoms with van der Waals surface area (Å²) >= 11 is 0. The lowest BCUT2D eigenvalue weighted by molar-refractivity contribution is 0.300. The Hall–Kier alpha value is -4.21. The van der Waals surface area contributed by atoms with Gasteiger partial charge in [-0.2, -0.15) is 5.10 Å². The maximum absolute atomic E-state index is 16.2. The van der Waals surface area contributed by atoms with E-state index in [9.17, 15) is 4.79 Å². The molecule has 59 heavy (non-hydrogen) atoms. The molecule has 0 N–H and O–H groups in total. The molecule has 0 amide bonds. The fraction of sp³-hybridized carbons (Fsp3) is 0.633. The summed E-state index contributed by atoms with van der Waals surface area (Å²) in [6, 6.07) is 3.89. The van der Waals surface area contributed by atoms with Crippen LogP contribution < -0.4 is 15.2 Å². The zero-order valence-electron chi connectivity index (χ0n) is 37.1. The molecule has 0 aliphatic rings. The van der Waals surface area contributed by atoms with E-state index in [2.05, 4.69) is 23.9 Å². The second kappa shape index (κ2) is 24.8. The minimum absolute atomic E-state index is 0.0878. The molecule has 0 fully saturated rings. The van der Waals surface area contributed by atoms with Gasteiger partial charge in [0.25, 0.3) is 0 Å². The van der Waals surface area contributed by atoms with Gasteiger partial charge in [0, 0.05) is 42.4 Å². The Morgan fingerprint density at radius 1 is 0.678 bits per heavy atom. The number of methoxy groups -OCH3 is 1. The molecule has 4 heterocycles. The third kappa shape index (κ3) is 12.9. The van der Waals surface area contributed by atoms with Crippen LogP contribution in [0.3, 0.4) is 0 Å². The molecule has 10 heteroatoms. The first-order chi connectivity index (χ1) is 28.9. The first kappa shape index (κ1) is 45.9. The zero-order valence-corrected chi connectivity index (χ0v) is 37.1. The van der Waals surface area contributed by atoms with E-state index in [1.165, 1.54) is 133 Å². The second-order valence-corrected chi connectivity index (χ2v) is 16.7. The summed E-state index contributed by atoms with van der Waals surface area (Å²) in [7, 11) is 3.53. The third-order valence-corrected chi connectivity index (χ3v) is 11.9. The van der Waals surface area contributed by atoms with Crippen LogP contribution in [0.2, 0.25) is 0 Å². The number of aryl methyl sites for hydroxylation is 3. The number of pyridine rings is 2. The number of halogens is 1. The van der Waals surface area contributed by atoms with Crippen LogP contribution in [0.1, 0.15) is 174 Å². The van der Waals surface area contributed by atoms with Crippen LogP contribution in [-0.2, 0) is 13.6 Å². The summed E-state index contributed by atoms with van der Waals surface area (Å²) in [6.45, 7) is 7.42. The number of fused-ring (bicyclic) bond motifs is 3. The number of ether oxygens (including phenoxy) is 2. The number of aromatic nitrogens is 6. The molecule has 0 aliphatic heterocycles. The van der Waals surface area contributed by atoms with Gasteiger partial charge in [-0.05, 0) is 25.8 Å². The molecule has 324 valence electrons. The van der Waals surface area contributed by atoms with Crippen LogP contribution in [0.5, 0.6) is 11.5 Å². The van der Waals surface area contributed by atoms with Gasteiger partial charge in [-0.3, -0.25) is 23.8 Å². The van der Waals surface area contributed by atoms with Crippen molar-refractivity contribution in [3.05, 3.63) is 58.9 Å². The smallest absolute Gasteiger partial charge is 0.334 e. The van der Waals surface area contributed by atoms with E-state index in [4.69, 9.17) is 14.5 Å². The predicted molar refractivity (Wildman–Crippen MR) is 242 cm³/mol. The fourth-order valence-electron chi connectivity index (χ4n) is 8.58. The van der Waals surface area contributed by atoms with E-state index in [1.54, 1.807) is 22.6 Å². The monoisotopic (exact) mass is 813 g/mol. The predicted octanol–water partition coefficient (Wildman–Crippen LogP) is 13.4. The quantitative estimate of drug-likeness (QED) is 0.0429. The average Bonchev–Trinajstić information content (AvgIpc) is 3.72. The Morgan fingerprint density at radius 3 is 1.78 bits per heavy atom. The first-order valence-electron chi connectivity index (χ1n) is 23.3. The molecule has 4 aromatic heterocycles. The van der Waals surface area contributed by atoms with Crippen LogP contribution in [0.15, 0.2) is 41.7 Å². The van der Waals surface area contributed by atoms with Gasteiger partial charge in [-0.15, -0.1) is 0 Å². The minimum Gasteiger partial charge on any atom is -0.496 e. The summed E-state index contributed by atoms with van der Waals surface area (Å²) in [6.07, 6.45) is 36.1. The summed E-state index contributed by atoms with van der Waals surface area (Å²) in [5.74, 6) is 0.304. The number of nitrogens with zero attached hydrogens (tertiary/aromatic N) is 6. The van der Waals surface area contributed by atoms with Crippen LogP contribution in [-0.4, -0.2) is 42.6 Å². The largest absolute Gasteiger partial charge is 0.496 e. The maximum atomic E-state index is 16.2. The van der Waals surface area contributed by atoms with Gasteiger partial charge in [0.15, 0.2) is 11.6 Å². The zero-order chi connectivity index (χ0) is 41.8. The Morgan fingerprint density at radius 2 is 1.24 bits per heavy atom. The lowest BCUT2D eigenvalue weighted by Crippen LogP contribution is -2.24. The number of hydrogen-bond donors (Lipinski definition) is 0. The van der Waals surface area contributed by atoms with Crippen molar-refractivity contribution in [3.8, 4) is 28.3 Å².